The van der Waals surface area contributed by atoms with Crippen molar-refractivity contribution < 1.29 is 0 Å². The summed E-state index contributed by atoms with van der Waals surface area (Å²) in [5, 5.41) is 7.66. The molecule has 4 aromatic rings. The summed E-state index contributed by atoms with van der Waals surface area (Å²) in [7, 11) is 1.90. The molecular formula is C18H20N8. The second-order valence-corrected chi connectivity index (χ2v) is 6.36. The van der Waals surface area contributed by atoms with Gasteiger partial charge in [-0.3, -0.25) is 4.68 Å². The van der Waals surface area contributed by atoms with E-state index in [1.165, 1.54) is 11.1 Å². The molecule has 132 valence electrons. The topological polar surface area (TPSA) is 99.5 Å². The van der Waals surface area contributed by atoms with Crippen LogP contribution in [0.2, 0.25) is 0 Å². The van der Waals surface area contributed by atoms with E-state index in [9.17, 15) is 0 Å². The Bertz CT molecular complexity index is 1070. The van der Waals surface area contributed by atoms with Crippen molar-refractivity contribution in [1.82, 2.24) is 29.3 Å². The zero-order valence-corrected chi connectivity index (χ0v) is 14.9. The van der Waals surface area contributed by atoms with Crippen molar-refractivity contribution in [3.05, 3.63) is 53.6 Å². The summed E-state index contributed by atoms with van der Waals surface area (Å²) in [6.45, 7) is 4.69. The first-order valence-corrected chi connectivity index (χ1v) is 8.31. The van der Waals surface area contributed by atoms with Gasteiger partial charge in [-0.1, -0.05) is 29.8 Å². The summed E-state index contributed by atoms with van der Waals surface area (Å²) in [6, 6.07) is 8.41. The number of hydrogen-bond acceptors (Lipinski definition) is 6. The summed E-state index contributed by atoms with van der Waals surface area (Å²) in [5.41, 5.74) is 10.5. The number of aromatic nitrogens is 6. The van der Waals surface area contributed by atoms with Crippen molar-refractivity contribution in [2.75, 3.05) is 11.1 Å². The van der Waals surface area contributed by atoms with Crippen molar-refractivity contribution >= 4 is 28.6 Å². The minimum absolute atomic E-state index is 0.204. The highest BCUT2D eigenvalue weighted by atomic mass is 15.3. The first-order valence-electron chi connectivity index (χ1n) is 8.31. The average molecular weight is 348 g/mol. The number of hydrogen-bond donors (Lipinski definition) is 2. The van der Waals surface area contributed by atoms with Gasteiger partial charge in [-0.05, 0) is 19.4 Å². The standard InChI is InChI=1S/C18H20N8/c1-11-4-6-13(7-5-11)9-26-10-14(8-20-26)22-16-15-17(24-18(19)23-16)25(3)12(2)21-15/h4-8,10H,9H2,1-3H3,(H3,19,22,23,24). The number of imidazole rings is 1. The summed E-state index contributed by atoms with van der Waals surface area (Å²) >= 11 is 0. The lowest BCUT2D eigenvalue weighted by atomic mass is 10.1. The largest absolute Gasteiger partial charge is 0.368 e. The molecule has 0 saturated heterocycles. The molecule has 0 radical (unpaired) electrons. The fraction of sp³-hybridized carbons (Fsp3) is 0.222. The Morgan fingerprint density at radius 1 is 1.08 bits per heavy atom. The maximum atomic E-state index is 5.85. The number of anilines is 3. The Kier molecular flexibility index (Phi) is 3.80. The van der Waals surface area contributed by atoms with E-state index in [0.717, 1.165) is 11.5 Å². The van der Waals surface area contributed by atoms with Gasteiger partial charge in [0.1, 0.15) is 5.82 Å². The van der Waals surface area contributed by atoms with Crippen LogP contribution in [0.3, 0.4) is 0 Å². The lowest BCUT2D eigenvalue weighted by molar-refractivity contribution is 0.687. The van der Waals surface area contributed by atoms with Crippen LogP contribution in [0.15, 0.2) is 36.7 Å². The Labute approximate surface area is 150 Å². The van der Waals surface area contributed by atoms with Crippen molar-refractivity contribution in [3.8, 4) is 0 Å². The van der Waals surface area contributed by atoms with Gasteiger partial charge in [0.15, 0.2) is 17.0 Å². The van der Waals surface area contributed by atoms with Crippen LogP contribution in [0.4, 0.5) is 17.5 Å². The molecule has 8 heteroatoms. The van der Waals surface area contributed by atoms with E-state index in [1.807, 2.05) is 29.4 Å². The second kappa shape index (κ2) is 6.14. The highest BCUT2D eigenvalue weighted by Crippen LogP contribution is 2.24. The highest BCUT2D eigenvalue weighted by Gasteiger charge is 2.14. The normalized spacial score (nSPS) is 11.2. The van der Waals surface area contributed by atoms with Crippen LogP contribution in [0.1, 0.15) is 17.0 Å². The highest BCUT2D eigenvalue weighted by molar-refractivity contribution is 5.86. The minimum atomic E-state index is 0.204. The summed E-state index contributed by atoms with van der Waals surface area (Å²) < 4.78 is 3.76. The Balaban J connectivity index is 1.60. The predicted molar refractivity (Wildman–Crippen MR) is 101 cm³/mol. The van der Waals surface area contributed by atoms with Gasteiger partial charge in [0.25, 0.3) is 0 Å². The lowest BCUT2D eigenvalue weighted by Crippen LogP contribution is -2.02. The van der Waals surface area contributed by atoms with E-state index in [2.05, 4.69) is 56.6 Å². The van der Waals surface area contributed by atoms with Crippen molar-refractivity contribution in [1.29, 1.82) is 0 Å². The molecule has 26 heavy (non-hydrogen) atoms. The van der Waals surface area contributed by atoms with Crippen LogP contribution in [0.5, 0.6) is 0 Å². The Morgan fingerprint density at radius 2 is 1.85 bits per heavy atom. The van der Waals surface area contributed by atoms with Crippen LogP contribution in [-0.2, 0) is 13.6 Å². The van der Waals surface area contributed by atoms with Gasteiger partial charge in [-0.25, -0.2) is 4.98 Å². The molecule has 1 aromatic carbocycles. The van der Waals surface area contributed by atoms with Gasteiger partial charge in [0, 0.05) is 13.2 Å². The van der Waals surface area contributed by atoms with Crippen LogP contribution < -0.4 is 11.1 Å². The second-order valence-electron chi connectivity index (χ2n) is 6.36. The Hall–Kier alpha value is -3.42. The van der Waals surface area contributed by atoms with Crippen LogP contribution in [0.25, 0.3) is 11.2 Å². The number of nitrogens with zero attached hydrogens (tertiary/aromatic N) is 6. The first-order chi connectivity index (χ1) is 12.5. The summed E-state index contributed by atoms with van der Waals surface area (Å²) in [4.78, 5) is 13.1. The monoisotopic (exact) mass is 348 g/mol. The molecule has 0 atom stereocenters. The van der Waals surface area contributed by atoms with Crippen LogP contribution in [0, 0.1) is 13.8 Å². The predicted octanol–water partition coefficient (Wildman–Crippen LogP) is 2.55. The molecule has 4 rings (SSSR count). The van der Waals surface area contributed by atoms with E-state index < -0.39 is 0 Å². The van der Waals surface area contributed by atoms with Gasteiger partial charge in [0.2, 0.25) is 5.95 Å². The third-order valence-corrected chi connectivity index (χ3v) is 4.32. The van der Waals surface area contributed by atoms with Gasteiger partial charge in [-0.2, -0.15) is 15.1 Å². The molecule has 8 nitrogen and oxygen atoms in total. The zero-order chi connectivity index (χ0) is 18.3. The quantitative estimate of drug-likeness (QED) is 0.588. The fourth-order valence-electron chi connectivity index (χ4n) is 2.81. The van der Waals surface area contributed by atoms with E-state index >= 15 is 0 Å². The third-order valence-electron chi connectivity index (χ3n) is 4.32. The number of nitrogens with one attached hydrogen (secondary N) is 1. The number of rotatable bonds is 4. The number of nitrogens with two attached hydrogens (primary N) is 1. The fourth-order valence-corrected chi connectivity index (χ4v) is 2.81. The van der Waals surface area contributed by atoms with Gasteiger partial charge >= 0.3 is 0 Å². The van der Waals surface area contributed by atoms with Crippen molar-refractivity contribution in [2.24, 2.45) is 7.05 Å². The zero-order valence-electron chi connectivity index (χ0n) is 14.9. The molecule has 0 bridgehead atoms. The molecular weight excluding hydrogens is 328 g/mol. The summed E-state index contributed by atoms with van der Waals surface area (Å²) in [6.07, 6.45) is 3.69. The van der Waals surface area contributed by atoms with E-state index in [1.54, 1.807) is 6.20 Å². The molecule has 0 unspecified atom stereocenters. The molecule has 0 fully saturated rings. The van der Waals surface area contributed by atoms with Crippen molar-refractivity contribution in [3.63, 3.8) is 0 Å². The van der Waals surface area contributed by atoms with Crippen LogP contribution >= 0.6 is 0 Å². The van der Waals surface area contributed by atoms with Gasteiger partial charge in [-0.15, -0.1) is 0 Å². The van der Waals surface area contributed by atoms with Crippen molar-refractivity contribution in [2.45, 2.75) is 20.4 Å². The molecule has 0 amide bonds. The number of benzene rings is 1. The molecule has 3 N–H and O–H groups in total. The molecule has 3 heterocycles. The summed E-state index contributed by atoms with van der Waals surface area (Å²) in [5.74, 6) is 1.62. The lowest BCUT2D eigenvalue weighted by Gasteiger charge is -2.05. The molecule has 0 aliphatic rings. The van der Waals surface area contributed by atoms with E-state index in [0.29, 0.717) is 23.5 Å². The van der Waals surface area contributed by atoms with Crippen LogP contribution in [-0.4, -0.2) is 29.3 Å². The van der Waals surface area contributed by atoms with Gasteiger partial charge in [0.05, 0.1) is 18.4 Å². The number of nitrogen functional groups attached to an aromatic ring is 1. The average Bonchev–Trinajstić information content (AvgIpc) is 3.16. The molecule has 3 aromatic heterocycles. The molecule has 0 aliphatic carbocycles. The minimum Gasteiger partial charge on any atom is -0.368 e. The SMILES string of the molecule is Cc1ccc(Cn2cc(Nc3nc(N)nc4c3nc(C)n4C)cn2)cc1. The third kappa shape index (κ3) is 2.97. The molecule has 0 aliphatic heterocycles. The number of aryl methyl sites for hydroxylation is 3. The maximum Gasteiger partial charge on any atom is 0.224 e. The van der Waals surface area contributed by atoms with E-state index in [-0.39, 0.29) is 5.95 Å². The first kappa shape index (κ1) is 16.1. The Morgan fingerprint density at radius 3 is 2.62 bits per heavy atom. The van der Waals surface area contributed by atoms with E-state index in [4.69, 9.17) is 5.73 Å². The maximum absolute atomic E-state index is 5.85. The molecule has 0 saturated carbocycles. The smallest absolute Gasteiger partial charge is 0.224 e. The van der Waals surface area contributed by atoms with Gasteiger partial charge < -0.3 is 15.6 Å². The molecule has 0 spiro atoms. The number of fused-ring (bicyclic) bond motifs is 1.